The van der Waals surface area contributed by atoms with Gasteiger partial charge in [-0.2, -0.15) is 0 Å². The Morgan fingerprint density at radius 1 is 1.29 bits per heavy atom. The Hall–Kier alpha value is -2.04. The van der Waals surface area contributed by atoms with Crippen LogP contribution in [0.1, 0.15) is 45.2 Å². The fourth-order valence-corrected chi connectivity index (χ4v) is 1.76. The smallest absolute Gasteiger partial charge is 0.261 e. The molecule has 1 aromatic carbocycles. The largest absolute Gasteiger partial charge is 0.384 e. The maximum absolute atomic E-state index is 11.7. The van der Waals surface area contributed by atoms with Gasteiger partial charge in [0.05, 0.1) is 6.04 Å². The molecule has 0 heterocycles. The third-order valence-electron chi connectivity index (χ3n) is 3.03. The second-order valence-electron chi connectivity index (χ2n) is 5.49. The van der Waals surface area contributed by atoms with Gasteiger partial charge in [0, 0.05) is 6.42 Å². The average Bonchev–Trinajstić information content (AvgIpc) is 2.46. The Morgan fingerprint density at radius 3 is 2.57 bits per heavy atom. The molecule has 0 saturated carbocycles. The van der Waals surface area contributed by atoms with Gasteiger partial charge in [0.1, 0.15) is 5.84 Å². The summed E-state index contributed by atoms with van der Waals surface area (Å²) >= 11 is 0. The molecule has 0 aliphatic rings. The number of carbonyl (C=O) groups excluding carboxylic acids is 1. The minimum absolute atomic E-state index is 0.0652. The summed E-state index contributed by atoms with van der Waals surface area (Å²) < 4.78 is 0. The van der Waals surface area contributed by atoms with Crippen LogP contribution in [0.15, 0.2) is 35.5 Å². The Bertz CT molecular complexity index is 458. The van der Waals surface area contributed by atoms with Crippen molar-refractivity contribution in [1.29, 1.82) is 0 Å². The molecule has 0 aliphatic heterocycles. The number of oxime groups is 1. The van der Waals surface area contributed by atoms with E-state index in [-0.39, 0.29) is 18.6 Å². The first kappa shape index (κ1) is 17.0. The van der Waals surface area contributed by atoms with E-state index in [0.717, 1.165) is 12.0 Å². The van der Waals surface area contributed by atoms with Gasteiger partial charge < -0.3 is 15.9 Å². The molecule has 1 amide bonds. The molecule has 0 spiro atoms. The molecule has 0 fully saturated rings. The van der Waals surface area contributed by atoms with Gasteiger partial charge in [0.15, 0.2) is 6.61 Å². The molecule has 0 aromatic heterocycles. The average molecular weight is 291 g/mol. The third kappa shape index (κ3) is 7.34. The highest BCUT2D eigenvalue weighted by molar-refractivity contribution is 5.80. The first-order chi connectivity index (χ1) is 9.99. The van der Waals surface area contributed by atoms with E-state index in [2.05, 4.69) is 24.3 Å². The van der Waals surface area contributed by atoms with E-state index >= 15 is 0 Å². The highest BCUT2D eigenvalue weighted by Crippen LogP contribution is 2.10. The van der Waals surface area contributed by atoms with Gasteiger partial charge in [-0.1, -0.05) is 49.3 Å². The summed E-state index contributed by atoms with van der Waals surface area (Å²) in [6.07, 6.45) is 1.63. The zero-order valence-electron chi connectivity index (χ0n) is 13.0. The number of hydrogen-bond donors (Lipinski definition) is 2. The molecule has 0 bridgehead atoms. The number of hydrogen-bond acceptors (Lipinski definition) is 3. The van der Waals surface area contributed by atoms with Crippen molar-refractivity contribution in [1.82, 2.24) is 5.32 Å². The molecule has 0 radical (unpaired) electrons. The number of nitrogens with two attached hydrogens (primary N) is 1. The lowest BCUT2D eigenvalue weighted by atomic mass is 10.1. The highest BCUT2D eigenvalue weighted by Gasteiger charge is 2.09. The predicted octanol–water partition coefficient (Wildman–Crippen LogP) is 2.59. The number of nitrogens with one attached hydrogen (secondary N) is 1. The first-order valence-corrected chi connectivity index (χ1v) is 7.27. The molecule has 1 unspecified atom stereocenters. The van der Waals surface area contributed by atoms with Crippen LogP contribution in [0.4, 0.5) is 0 Å². The predicted molar refractivity (Wildman–Crippen MR) is 84.6 cm³/mol. The van der Waals surface area contributed by atoms with Crippen molar-refractivity contribution >= 4 is 11.7 Å². The molecule has 0 saturated heterocycles. The van der Waals surface area contributed by atoms with E-state index in [0.29, 0.717) is 18.2 Å². The topological polar surface area (TPSA) is 76.7 Å². The summed E-state index contributed by atoms with van der Waals surface area (Å²) in [5.41, 5.74) is 6.74. The summed E-state index contributed by atoms with van der Waals surface area (Å²) in [4.78, 5) is 16.7. The molecule has 5 heteroatoms. The number of amides is 1. The first-order valence-electron chi connectivity index (χ1n) is 7.27. The second-order valence-corrected chi connectivity index (χ2v) is 5.49. The zero-order chi connectivity index (χ0) is 15.7. The summed E-state index contributed by atoms with van der Waals surface area (Å²) in [6, 6.07) is 9.68. The van der Waals surface area contributed by atoms with Crippen molar-refractivity contribution in [3.63, 3.8) is 0 Å². The Kier molecular flexibility index (Phi) is 7.29. The minimum Gasteiger partial charge on any atom is -0.384 e. The molecule has 0 aliphatic carbocycles. The van der Waals surface area contributed by atoms with Gasteiger partial charge >= 0.3 is 0 Å². The molecule has 3 N–H and O–H groups in total. The van der Waals surface area contributed by atoms with Gasteiger partial charge in [-0.3, -0.25) is 4.79 Å². The fourth-order valence-electron chi connectivity index (χ4n) is 1.76. The maximum atomic E-state index is 11.7. The van der Waals surface area contributed by atoms with E-state index in [1.165, 1.54) is 0 Å². The number of amidine groups is 1. The molecule has 1 atom stereocenters. The Labute approximate surface area is 126 Å². The molecular weight excluding hydrogens is 266 g/mol. The standard InChI is InChI=1S/C16H25N3O2/c1-12(2)9-10-15(17)19-21-11-16(20)18-13(3)14-7-5-4-6-8-14/h4-8,12-13H,9-11H2,1-3H3,(H2,17,19)(H,18,20). The van der Waals surface area contributed by atoms with Crippen molar-refractivity contribution in [2.45, 2.75) is 39.7 Å². The third-order valence-corrected chi connectivity index (χ3v) is 3.03. The number of benzene rings is 1. The van der Waals surface area contributed by atoms with Crippen LogP contribution >= 0.6 is 0 Å². The molecule has 116 valence electrons. The van der Waals surface area contributed by atoms with E-state index in [1.54, 1.807) is 0 Å². The van der Waals surface area contributed by atoms with Crippen LogP contribution in [-0.2, 0) is 9.63 Å². The number of rotatable bonds is 8. The molecular formula is C16H25N3O2. The normalized spacial score (nSPS) is 13.0. The minimum atomic E-state index is -0.216. The van der Waals surface area contributed by atoms with Gasteiger partial charge in [0.2, 0.25) is 0 Å². The Balaban J connectivity index is 2.29. The van der Waals surface area contributed by atoms with Gasteiger partial charge in [-0.15, -0.1) is 0 Å². The lowest BCUT2D eigenvalue weighted by molar-refractivity contribution is -0.126. The molecule has 1 rings (SSSR count). The van der Waals surface area contributed by atoms with Crippen molar-refractivity contribution in [2.24, 2.45) is 16.8 Å². The summed E-state index contributed by atoms with van der Waals surface area (Å²) in [6.45, 7) is 6.03. The Morgan fingerprint density at radius 2 is 1.95 bits per heavy atom. The van der Waals surface area contributed by atoms with Gasteiger partial charge in [-0.05, 0) is 24.8 Å². The van der Waals surface area contributed by atoms with Crippen LogP contribution in [0.2, 0.25) is 0 Å². The molecule has 21 heavy (non-hydrogen) atoms. The number of carbonyl (C=O) groups is 1. The van der Waals surface area contributed by atoms with Crippen LogP contribution in [0.5, 0.6) is 0 Å². The SMILES string of the molecule is CC(C)CC/C(N)=N/OCC(=O)NC(C)c1ccccc1. The lowest BCUT2D eigenvalue weighted by Crippen LogP contribution is -2.30. The molecule has 1 aromatic rings. The quantitative estimate of drug-likeness (QED) is 0.439. The van der Waals surface area contributed by atoms with Crippen LogP contribution in [0.3, 0.4) is 0 Å². The monoisotopic (exact) mass is 291 g/mol. The van der Waals surface area contributed by atoms with Gasteiger partial charge in [-0.25, -0.2) is 0 Å². The van der Waals surface area contributed by atoms with Crippen LogP contribution in [0, 0.1) is 5.92 Å². The van der Waals surface area contributed by atoms with E-state index in [4.69, 9.17) is 10.6 Å². The zero-order valence-corrected chi connectivity index (χ0v) is 13.0. The van der Waals surface area contributed by atoms with E-state index in [9.17, 15) is 4.79 Å². The van der Waals surface area contributed by atoms with E-state index < -0.39 is 0 Å². The van der Waals surface area contributed by atoms with Crippen molar-refractivity contribution in [3.05, 3.63) is 35.9 Å². The molecule has 5 nitrogen and oxygen atoms in total. The van der Waals surface area contributed by atoms with Crippen LogP contribution in [0.25, 0.3) is 0 Å². The lowest BCUT2D eigenvalue weighted by Gasteiger charge is -2.13. The van der Waals surface area contributed by atoms with Gasteiger partial charge in [0.25, 0.3) is 5.91 Å². The van der Waals surface area contributed by atoms with E-state index in [1.807, 2.05) is 37.3 Å². The van der Waals surface area contributed by atoms with Crippen molar-refractivity contribution in [2.75, 3.05) is 6.61 Å². The maximum Gasteiger partial charge on any atom is 0.261 e. The highest BCUT2D eigenvalue weighted by atomic mass is 16.6. The van der Waals surface area contributed by atoms with Crippen LogP contribution in [-0.4, -0.2) is 18.3 Å². The van der Waals surface area contributed by atoms with Crippen LogP contribution < -0.4 is 11.1 Å². The second kappa shape index (κ2) is 9.00. The summed E-state index contributed by atoms with van der Waals surface area (Å²) in [5, 5.41) is 6.60. The van der Waals surface area contributed by atoms with Crippen molar-refractivity contribution in [3.8, 4) is 0 Å². The fraction of sp³-hybridized carbons (Fsp3) is 0.500. The number of nitrogens with zero attached hydrogens (tertiary/aromatic N) is 1. The van der Waals surface area contributed by atoms with Crippen molar-refractivity contribution < 1.29 is 9.63 Å². The summed E-state index contributed by atoms with van der Waals surface area (Å²) in [5.74, 6) is 0.771. The summed E-state index contributed by atoms with van der Waals surface area (Å²) in [7, 11) is 0.